The standard InChI is InChI=1S/C22H16O/c1-13-6-5-9-18-20-17-8-4-3-7-15(17)12-16-11-10-14(2)22(19(16)20)23-21(13)18/h3-12H,1-2H3. The monoisotopic (exact) mass is 296 g/mol. The summed E-state index contributed by atoms with van der Waals surface area (Å²) in [6.07, 6.45) is 0. The molecule has 110 valence electrons. The molecule has 0 N–H and O–H groups in total. The Morgan fingerprint density at radius 2 is 1.52 bits per heavy atom. The van der Waals surface area contributed by atoms with Crippen LogP contribution >= 0.6 is 0 Å². The maximum Gasteiger partial charge on any atom is 0.138 e. The summed E-state index contributed by atoms with van der Waals surface area (Å²) >= 11 is 0. The smallest absolute Gasteiger partial charge is 0.138 e. The molecule has 1 heterocycles. The first-order valence-electron chi connectivity index (χ1n) is 7.97. The molecule has 0 fully saturated rings. The lowest BCUT2D eigenvalue weighted by atomic mass is 9.88. The Kier molecular flexibility index (Phi) is 2.41. The van der Waals surface area contributed by atoms with Crippen LogP contribution < -0.4 is 4.74 Å². The van der Waals surface area contributed by atoms with Crippen molar-refractivity contribution in [3.63, 3.8) is 0 Å². The minimum atomic E-state index is 0.993. The second kappa shape index (κ2) is 4.36. The van der Waals surface area contributed by atoms with Gasteiger partial charge in [0.05, 0.1) is 0 Å². The number of rotatable bonds is 0. The van der Waals surface area contributed by atoms with Crippen LogP contribution in [0.2, 0.25) is 0 Å². The molecule has 0 atom stereocenters. The van der Waals surface area contributed by atoms with Crippen LogP contribution in [0.4, 0.5) is 0 Å². The lowest BCUT2D eigenvalue weighted by Crippen LogP contribution is -2.01. The van der Waals surface area contributed by atoms with Crippen LogP contribution in [0.1, 0.15) is 11.1 Å². The Hall–Kier alpha value is -2.80. The van der Waals surface area contributed by atoms with E-state index >= 15 is 0 Å². The van der Waals surface area contributed by atoms with E-state index in [-0.39, 0.29) is 0 Å². The number of ether oxygens (including phenoxy) is 1. The van der Waals surface area contributed by atoms with Gasteiger partial charge in [0.2, 0.25) is 0 Å². The third kappa shape index (κ3) is 1.62. The first-order valence-corrected chi connectivity index (χ1v) is 7.97. The zero-order valence-electron chi connectivity index (χ0n) is 13.2. The van der Waals surface area contributed by atoms with Gasteiger partial charge < -0.3 is 4.74 Å². The normalized spacial score (nSPS) is 12.3. The molecule has 23 heavy (non-hydrogen) atoms. The number of para-hydroxylation sites is 1. The van der Waals surface area contributed by atoms with Gasteiger partial charge in [0.15, 0.2) is 0 Å². The Morgan fingerprint density at radius 1 is 0.696 bits per heavy atom. The summed E-state index contributed by atoms with van der Waals surface area (Å²) in [5.74, 6) is 2.00. The van der Waals surface area contributed by atoms with Gasteiger partial charge in [0, 0.05) is 16.5 Å². The first-order chi connectivity index (χ1) is 11.2. The van der Waals surface area contributed by atoms with Crippen molar-refractivity contribution in [1.29, 1.82) is 0 Å². The van der Waals surface area contributed by atoms with E-state index in [0.29, 0.717) is 0 Å². The second-order valence-electron chi connectivity index (χ2n) is 6.34. The molecule has 0 aliphatic carbocycles. The first kappa shape index (κ1) is 12.7. The van der Waals surface area contributed by atoms with Gasteiger partial charge in [0.1, 0.15) is 11.5 Å². The molecule has 1 aliphatic heterocycles. The molecule has 1 heteroatoms. The number of aryl methyl sites for hydroxylation is 2. The number of fused-ring (bicyclic) bond motifs is 4. The third-order valence-electron chi connectivity index (χ3n) is 4.86. The summed E-state index contributed by atoms with van der Waals surface area (Å²) in [4.78, 5) is 0. The highest BCUT2D eigenvalue weighted by atomic mass is 16.5. The lowest BCUT2D eigenvalue weighted by molar-refractivity contribution is 0.480. The second-order valence-corrected chi connectivity index (χ2v) is 6.34. The summed E-state index contributed by atoms with van der Waals surface area (Å²) in [6, 6.07) is 21.7. The lowest BCUT2D eigenvalue weighted by Gasteiger charge is -2.25. The molecule has 0 radical (unpaired) electrons. The van der Waals surface area contributed by atoms with Gasteiger partial charge in [0.25, 0.3) is 0 Å². The zero-order valence-corrected chi connectivity index (χ0v) is 13.2. The largest absolute Gasteiger partial charge is 0.455 e. The van der Waals surface area contributed by atoms with Gasteiger partial charge in [-0.2, -0.15) is 0 Å². The van der Waals surface area contributed by atoms with E-state index in [4.69, 9.17) is 4.74 Å². The summed E-state index contributed by atoms with van der Waals surface area (Å²) in [5, 5.41) is 5.05. The topological polar surface area (TPSA) is 9.23 Å². The highest BCUT2D eigenvalue weighted by molar-refractivity contribution is 6.17. The van der Waals surface area contributed by atoms with E-state index in [0.717, 1.165) is 11.5 Å². The van der Waals surface area contributed by atoms with Crippen molar-refractivity contribution >= 4 is 21.5 Å². The van der Waals surface area contributed by atoms with Gasteiger partial charge in [-0.3, -0.25) is 0 Å². The number of hydrogen-bond donors (Lipinski definition) is 0. The number of hydrogen-bond acceptors (Lipinski definition) is 1. The van der Waals surface area contributed by atoms with Crippen LogP contribution in [0, 0.1) is 13.8 Å². The van der Waals surface area contributed by atoms with Crippen LogP contribution in [0.3, 0.4) is 0 Å². The van der Waals surface area contributed by atoms with E-state index in [9.17, 15) is 0 Å². The van der Waals surface area contributed by atoms with Crippen LogP contribution in [-0.4, -0.2) is 0 Å². The van der Waals surface area contributed by atoms with E-state index in [1.165, 1.54) is 43.8 Å². The average molecular weight is 296 g/mol. The van der Waals surface area contributed by atoms with Crippen molar-refractivity contribution in [3.8, 4) is 22.6 Å². The maximum atomic E-state index is 6.36. The zero-order chi connectivity index (χ0) is 15.6. The van der Waals surface area contributed by atoms with Crippen LogP contribution in [0.15, 0.2) is 60.7 Å². The summed E-state index contributed by atoms with van der Waals surface area (Å²) in [6.45, 7) is 4.24. The molecule has 1 aliphatic rings. The van der Waals surface area contributed by atoms with Crippen LogP contribution in [-0.2, 0) is 0 Å². The molecule has 0 amide bonds. The molecule has 1 nitrogen and oxygen atoms in total. The van der Waals surface area contributed by atoms with Crippen LogP contribution in [0.25, 0.3) is 32.7 Å². The van der Waals surface area contributed by atoms with Crippen molar-refractivity contribution in [1.82, 2.24) is 0 Å². The van der Waals surface area contributed by atoms with E-state index in [2.05, 4.69) is 74.5 Å². The molecule has 4 aromatic carbocycles. The molecule has 0 saturated heterocycles. The fourth-order valence-electron chi connectivity index (χ4n) is 3.73. The van der Waals surface area contributed by atoms with E-state index in [1.807, 2.05) is 0 Å². The van der Waals surface area contributed by atoms with Crippen molar-refractivity contribution in [2.75, 3.05) is 0 Å². The Labute approximate surface area is 135 Å². The molecule has 0 unspecified atom stereocenters. The fraction of sp³-hybridized carbons (Fsp3) is 0.0909. The summed E-state index contributed by atoms with van der Waals surface area (Å²) in [5.41, 5.74) is 4.87. The molecule has 4 aromatic rings. The molecule has 5 rings (SSSR count). The van der Waals surface area contributed by atoms with E-state index < -0.39 is 0 Å². The SMILES string of the molecule is Cc1cccc2c1Oc1c(C)ccc3cc4ccccc4c-2c13. The Bertz CT molecular complexity index is 1110. The van der Waals surface area contributed by atoms with Crippen molar-refractivity contribution in [2.45, 2.75) is 13.8 Å². The van der Waals surface area contributed by atoms with Crippen molar-refractivity contribution < 1.29 is 4.74 Å². The molecule has 0 spiro atoms. The highest BCUT2D eigenvalue weighted by Gasteiger charge is 2.24. The van der Waals surface area contributed by atoms with Crippen LogP contribution in [0.5, 0.6) is 11.5 Å². The minimum Gasteiger partial charge on any atom is -0.455 e. The van der Waals surface area contributed by atoms with Crippen molar-refractivity contribution in [2.24, 2.45) is 0 Å². The highest BCUT2D eigenvalue weighted by Crippen LogP contribution is 2.51. The van der Waals surface area contributed by atoms with Gasteiger partial charge in [-0.15, -0.1) is 0 Å². The summed E-state index contributed by atoms with van der Waals surface area (Å²) in [7, 11) is 0. The Balaban J connectivity index is 2.11. The average Bonchev–Trinajstić information content (AvgIpc) is 2.58. The molecule has 0 saturated carbocycles. The van der Waals surface area contributed by atoms with Gasteiger partial charge in [-0.25, -0.2) is 0 Å². The molecule has 0 aromatic heterocycles. The maximum absolute atomic E-state index is 6.36. The summed E-state index contributed by atoms with van der Waals surface area (Å²) < 4.78 is 6.36. The minimum absolute atomic E-state index is 0.993. The third-order valence-corrected chi connectivity index (χ3v) is 4.86. The molecular formula is C22H16O. The van der Waals surface area contributed by atoms with E-state index in [1.54, 1.807) is 0 Å². The number of benzene rings is 4. The molecular weight excluding hydrogens is 280 g/mol. The fourth-order valence-corrected chi connectivity index (χ4v) is 3.73. The van der Waals surface area contributed by atoms with Gasteiger partial charge in [-0.1, -0.05) is 54.6 Å². The predicted octanol–water partition coefficient (Wildman–Crippen LogP) is 6.38. The van der Waals surface area contributed by atoms with Crippen molar-refractivity contribution in [3.05, 3.63) is 71.8 Å². The molecule has 0 bridgehead atoms. The van der Waals surface area contributed by atoms with Gasteiger partial charge in [-0.05, 0) is 47.2 Å². The quantitative estimate of drug-likeness (QED) is 0.301. The van der Waals surface area contributed by atoms with Gasteiger partial charge >= 0.3 is 0 Å². The predicted molar refractivity (Wildman–Crippen MR) is 96.4 cm³/mol. The Morgan fingerprint density at radius 3 is 2.43 bits per heavy atom.